The molecule has 0 aliphatic heterocycles. The molecular weight excluding hydrogens is 530 g/mol. The number of carboxylic acids is 2. The van der Waals surface area contributed by atoms with E-state index in [-0.39, 0.29) is 0 Å². The van der Waals surface area contributed by atoms with Crippen LogP contribution in [0, 0.1) is 0 Å². The van der Waals surface area contributed by atoms with E-state index >= 15 is 0 Å². The molecule has 0 aromatic rings. The van der Waals surface area contributed by atoms with Crippen molar-refractivity contribution in [2.24, 2.45) is 0 Å². The van der Waals surface area contributed by atoms with Gasteiger partial charge in [-0.1, -0.05) is 0 Å². The minimum atomic E-state index is -8.64. The average Bonchev–Trinajstić information content (AvgIpc) is 2.49. The van der Waals surface area contributed by atoms with E-state index in [0.29, 0.717) is 0 Å². The highest BCUT2D eigenvalue weighted by molar-refractivity contribution is 7.88. The Kier molecular flexibility index (Phi) is 8.35. The number of carbonyl (C=O) groups is 2. The Balaban J connectivity index is 0. The number of aliphatic carboxylic acids is 2. The zero-order valence-electron chi connectivity index (χ0n) is 14.2. The van der Waals surface area contributed by atoms with Gasteiger partial charge in [0.25, 0.3) is 5.97 Å². The topological polar surface area (TPSA) is 129 Å². The maximum atomic E-state index is 13.5. The summed E-state index contributed by atoms with van der Waals surface area (Å²) in [5.41, 5.74) is 0. The van der Waals surface area contributed by atoms with Gasteiger partial charge >= 0.3 is 56.9 Å². The Morgan fingerprint density at radius 2 is 0.812 bits per heavy atom. The molecule has 0 spiro atoms. The summed E-state index contributed by atoms with van der Waals surface area (Å²) in [4.78, 5) is 19.2. The molecule has 32 heavy (non-hydrogen) atoms. The summed E-state index contributed by atoms with van der Waals surface area (Å²) in [6.07, 6.45) is -7.78. The lowest BCUT2D eigenvalue weighted by molar-refractivity contribution is -0.443. The fourth-order valence-electron chi connectivity index (χ4n) is 1.38. The second-order valence-corrected chi connectivity index (χ2v) is 6.78. The lowest BCUT2D eigenvalue weighted by atomic mass is 9.91. The third-order valence-electron chi connectivity index (χ3n) is 2.97. The van der Waals surface area contributed by atoms with Gasteiger partial charge in [-0.3, -0.25) is 9.35 Å². The zero-order chi connectivity index (χ0) is 27.2. The molecule has 0 heterocycles. The van der Waals surface area contributed by atoms with Crippen LogP contribution >= 0.6 is 0 Å². The van der Waals surface area contributed by atoms with E-state index in [1.54, 1.807) is 0 Å². The fraction of sp³-hybridized carbons (Fsp3) is 0.800. The van der Waals surface area contributed by atoms with Crippen LogP contribution in [-0.4, -0.2) is 75.9 Å². The van der Waals surface area contributed by atoms with E-state index in [4.69, 9.17) is 19.6 Å². The van der Waals surface area contributed by atoms with E-state index in [2.05, 4.69) is 0 Å². The van der Waals surface area contributed by atoms with Gasteiger partial charge in [0.2, 0.25) is 0 Å². The second kappa shape index (κ2) is 8.33. The monoisotopic (exact) mass is 536 g/mol. The maximum absolute atomic E-state index is 13.5. The van der Waals surface area contributed by atoms with Crippen LogP contribution in [0.1, 0.15) is 6.92 Å². The maximum Gasteiger partial charge on any atom is 0.460 e. The third-order valence-corrected chi connectivity index (χ3v) is 4.11. The van der Waals surface area contributed by atoms with Crippen molar-refractivity contribution in [2.75, 3.05) is 0 Å². The molecular formula is C10H6F14O7S. The molecule has 22 heteroatoms. The Morgan fingerprint density at radius 1 is 0.594 bits per heavy atom. The molecule has 0 aliphatic carbocycles. The predicted octanol–water partition coefficient (Wildman–Crippen LogP) is 3.45. The van der Waals surface area contributed by atoms with Gasteiger partial charge in [-0.25, -0.2) is 9.18 Å². The minimum absolute atomic E-state index is 0.833. The molecule has 0 fully saturated rings. The van der Waals surface area contributed by atoms with Gasteiger partial charge in [-0.15, -0.1) is 0 Å². The molecule has 0 aromatic heterocycles. The van der Waals surface area contributed by atoms with Crippen LogP contribution in [0.15, 0.2) is 0 Å². The molecule has 3 N–H and O–H groups in total. The van der Waals surface area contributed by atoms with Crippen molar-refractivity contribution < 1.29 is 94.2 Å². The summed E-state index contributed by atoms with van der Waals surface area (Å²) in [7, 11) is -7.76. The Hall–Kier alpha value is -2.13. The Labute approximate surface area is 165 Å². The van der Waals surface area contributed by atoms with E-state index in [9.17, 15) is 74.7 Å². The van der Waals surface area contributed by atoms with Gasteiger partial charge in [0.05, 0.1) is 0 Å². The van der Waals surface area contributed by atoms with E-state index in [1.165, 1.54) is 0 Å². The number of hydrogen-bond acceptors (Lipinski definition) is 4. The van der Waals surface area contributed by atoms with Crippen molar-refractivity contribution in [3.05, 3.63) is 0 Å². The van der Waals surface area contributed by atoms with Crippen molar-refractivity contribution >= 4 is 22.1 Å². The largest absolute Gasteiger partial charge is 0.481 e. The number of carboxylic acid groups (broad SMARTS) is 2. The van der Waals surface area contributed by atoms with Crippen LogP contribution in [0.2, 0.25) is 0 Å². The molecule has 0 amide bonds. The van der Waals surface area contributed by atoms with Gasteiger partial charge in [0.1, 0.15) is 0 Å². The highest BCUT2D eigenvalue weighted by Crippen LogP contribution is 2.62. The number of alkyl halides is 14. The van der Waals surface area contributed by atoms with E-state index < -0.39 is 62.8 Å². The highest BCUT2D eigenvalue weighted by atomic mass is 32.2. The summed E-state index contributed by atoms with van der Waals surface area (Å²) in [6, 6.07) is 0. The highest BCUT2D eigenvalue weighted by Gasteiger charge is 2.95. The lowest BCUT2D eigenvalue weighted by Gasteiger charge is -2.41. The third kappa shape index (κ3) is 4.50. The molecule has 0 aromatic carbocycles. The standard InChI is InChI=1S/C8H2F14O5S.C2H4O2/c9-2(1(23)24,28(25,26)27)3(10,11)4(12,13)5(14,15)6(16,17)7(18,19)8(20,21)22;1-2(3)4/h(H,23,24)(H,25,26,27);1H3,(H,3,4). The summed E-state index contributed by atoms with van der Waals surface area (Å²) in [5, 5.41) is 8.07. The molecule has 0 saturated heterocycles. The molecule has 1 atom stereocenters. The number of rotatable bonds is 7. The predicted molar refractivity (Wildman–Crippen MR) is 67.1 cm³/mol. The molecule has 0 bridgehead atoms. The van der Waals surface area contributed by atoms with Crippen molar-refractivity contribution in [1.29, 1.82) is 0 Å². The van der Waals surface area contributed by atoms with Crippen LogP contribution in [0.3, 0.4) is 0 Å². The summed E-state index contributed by atoms with van der Waals surface area (Å²) in [5.74, 6) is -47.4. The summed E-state index contributed by atoms with van der Waals surface area (Å²) < 4.78 is 208. The van der Waals surface area contributed by atoms with Crippen LogP contribution in [-0.2, 0) is 19.7 Å². The fourth-order valence-corrected chi connectivity index (χ4v) is 2.05. The van der Waals surface area contributed by atoms with Gasteiger partial charge in [-0.2, -0.15) is 65.5 Å². The molecule has 0 saturated carbocycles. The average molecular weight is 536 g/mol. The van der Waals surface area contributed by atoms with Crippen molar-refractivity contribution in [3.63, 3.8) is 0 Å². The summed E-state index contributed by atoms with van der Waals surface area (Å²) in [6.45, 7) is 1.08. The SMILES string of the molecule is CC(=O)O.O=C(O)C(F)(C(F)(F)C(F)(F)C(F)(F)C(F)(F)C(F)(F)C(F)(F)F)S(=O)(=O)O. The normalized spacial score (nSPS) is 16.5. The molecule has 0 aliphatic rings. The van der Waals surface area contributed by atoms with Crippen LogP contribution in [0.4, 0.5) is 61.5 Å². The Bertz CT molecular complexity index is 829. The van der Waals surface area contributed by atoms with Gasteiger partial charge in [-0.05, 0) is 0 Å². The number of halogens is 14. The van der Waals surface area contributed by atoms with Crippen molar-refractivity contribution in [1.82, 2.24) is 0 Å². The first-order valence-corrected chi connectivity index (χ1v) is 7.91. The van der Waals surface area contributed by atoms with Crippen molar-refractivity contribution in [2.45, 2.75) is 47.7 Å². The molecule has 0 radical (unpaired) electrons. The van der Waals surface area contributed by atoms with Gasteiger partial charge in [0, 0.05) is 6.92 Å². The first kappa shape index (κ1) is 32.1. The molecule has 192 valence electrons. The van der Waals surface area contributed by atoms with Gasteiger partial charge in [0.15, 0.2) is 0 Å². The van der Waals surface area contributed by atoms with Crippen molar-refractivity contribution in [3.8, 4) is 0 Å². The van der Waals surface area contributed by atoms with Gasteiger partial charge < -0.3 is 10.2 Å². The second-order valence-electron chi connectivity index (χ2n) is 5.26. The molecule has 1 unspecified atom stereocenters. The quantitative estimate of drug-likeness (QED) is 0.336. The first-order valence-electron chi connectivity index (χ1n) is 6.47. The molecule has 7 nitrogen and oxygen atoms in total. The van der Waals surface area contributed by atoms with E-state index in [0.717, 1.165) is 6.92 Å². The molecule has 0 rings (SSSR count). The van der Waals surface area contributed by atoms with Crippen LogP contribution in [0.5, 0.6) is 0 Å². The Morgan fingerprint density at radius 3 is 1.00 bits per heavy atom. The minimum Gasteiger partial charge on any atom is -0.481 e. The zero-order valence-corrected chi connectivity index (χ0v) is 15.0. The van der Waals surface area contributed by atoms with E-state index in [1.807, 2.05) is 0 Å². The van der Waals surface area contributed by atoms with Crippen LogP contribution in [0.25, 0.3) is 0 Å². The summed E-state index contributed by atoms with van der Waals surface area (Å²) >= 11 is 0. The lowest BCUT2D eigenvalue weighted by Crippen LogP contribution is -2.75. The smallest absolute Gasteiger partial charge is 0.460 e. The van der Waals surface area contributed by atoms with Crippen LogP contribution < -0.4 is 0 Å². The first-order chi connectivity index (χ1) is 13.4. The number of hydrogen-bond donors (Lipinski definition) is 3.